The van der Waals surface area contributed by atoms with Crippen molar-refractivity contribution in [1.82, 2.24) is 9.78 Å². The summed E-state index contributed by atoms with van der Waals surface area (Å²) in [6.07, 6.45) is 1.61. The lowest BCUT2D eigenvalue weighted by atomic mass is 10.1. The number of carbonyl (C=O) groups excluding carboxylic acids is 1. The third kappa shape index (κ3) is 3.57. The van der Waals surface area contributed by atoms with Crippen molar-refractivity contribution < 1.29 is 9.21 Å². The Bertz CT molecular complexity index is 1220. The van der Waals surface area contributed by atoms with E-state index >= 15 is 0 Å². The number of carbonyl (C=O) groups is 1. The number of nitrogens with zero attached hydrogens (tertiary/aromatic N) is 2. The average Bonchev–Trinajstić information content (AvgIpc) is 3.10. The lowest BCUT2D eigenvalue weighted by Gasteiger charge is -2.09. The SMILES string of the molecule is Cc1ccc(Cn2nccc2NC(=O)c2cc(=O)c3cc(C)ccc3o2)cc1. The maximum atomic E-state index is 12.6. The molecular weight excluding hydrogens is 354 g/mol. The number of hydrogen-bond donors (Lipinski definition) is 1. The fraction of sp³-hybridized carbons (Fsp3) is 0.136. The van der Waals surface area contributed by atoms with Gasteiger partial charge in [0.2, 0.25) is 0 Å². The summed E-state index contributed by atoms with van der Waals surface area (Å²) in [5.74, 6) is -0.00750. The van der Waals surface area contributed by atoms with Crippen LogP contribution in [0.1, 0.15) is 27.2 Å². The van der Waals surface area contributed by atoms with Crippen LogP contribution in [-0.2, 0) is 6.54 Å². The third-order valence-corrected chi connectivity index (χ3v) is 4.52. The molecule has 0 aliphatic heterocycles. The molecule has 0 unspecified atom stereocenters. The molecule has 4 aromatic rings. The maximum Gasteiger partial charge on any atom is 0.292 e. The van der Waals surface area contributed by atoms with Gasteiger partial charge in [0.05, 0.1) is 18.1 Å². The van der Waals surface area contributed by atoms with E-state index in [-0.39, 0.29) is 11.2 Å². The zero-order valence-electron chi connectivity index (χ0n) is 15.6. The summed E-state index contributed by atoms with van der Waals surface area (Å²) in [5.41, 5.74) is 3.34. The molecule has 0 bridgehead atoms. The number of nitrogens with one attached hydrogen (secondary N) is 1. The molecule has 0 radical (unpaired) electrons. The Balaban J connectivity index is 1.58. The predicted octanol–water partition coefficient (Wildman–Crippen LogP) is 3.91. The number of aryl methyl sites for hydroxylation is 2. The number of hydrogen-bond acceptors (Lipinski definition) is 4. The monoisotopic (exact) mass is 373 g/mol. The highest BCUT2D eigenvalue weighted by Crippen LogP contribution is 2.16. The summed E-state index contributed by atoms with van der Waals surface area (Å²) in [4.78, 5) is 25.0. The summed E-state index contributed by atoms with van der Waals surface area (Å²) < 4.78 is 7.32. The van der Waals surface area contributed by atoms with Crippen LogP contribution < -0.4 is 10.7 Å². The highest BCUT2D eigenvalue weighted by Gasteiger charge is 2.15. The first-order chi connectivity index (χ1) is 13.5. The van der Waals surface area contributed by atoms with Gasteiger partial charge in [-0.25, -0.2) is 4.68 Å². The standard InChI is InChI=1S/C22H19N3O3/c1-14-3-6-16(7-4-14)13-25-21(9-10-23-25)24-22(27)20-12-18(26)17-11-15(2)5-8-19(17)28-20/h3-12H,13H2,1-2H3,(H,24,27). The Labute approximate surface area is 161 Å². The Morgan fingerprint density at radius 1 is 1.04 bits per heavy atom. The van der Waals surface area contributed by atoms with Gasteiger partial charge in [0.25, 0.3) is 5.91 Å². The number of fused-ring (bicyclic) bond motifs is 1. The molecule has 0 fully saturated rings. The van der Waals surface area contributed by atoms with Gasteiger partial charge in [-0.15, -0.1) is 0 Å². The van der Waals surface area contributed by atoms with Gasteiger partial charge in [-0.1, -0.05) is 41.5 Å². The minimum atomic E-state index is -0.495. The highest BCUT2D eigenvalue weighted by molar-refractivity contribution is 6.02. The molecular formula is C22H19N3O3. The lowest BCUT2D eigenvalue weighted by Crippen LogP contribution is -2.18. The molecule has 4 rings (SSSR count). The molecule has 140 valence electrons. The summed E-state index contributed by atoms with van der Waals surface area (Å²) >= 11 is 0. The zero-order valence-corrected chi connectivity index (χ0v) is 15.6. The van der Waals surface area contributed by atoms with Crippen LogP contribution in [0.5, 0.6) is 0 Å². The fourth-order valence-corrected chi connectivity index (χ4v) is 2.99. The summed E-state index contributed by atoms with van der Waals surface area (Å²) in [7, 11) is 0. The largest absolute Gasteiger partial charge is 0.451 e. The summed E-state index contributed by atoms with van der Waals surface area (Å²) in [6, 6.07) is 16.3. The Hall–Kier alpha value is -3.67. The topological polar surface area (TPSA) is 77.1 Å². The minimum absolute atomic E-state index is 0.0376. The Morgan fingerprint density at radius 2 is 1.79 bits per heavy atom. The van der Waals surface area contributed by atoms with Crippen LogP contribution in [0.2, 0.25) is 0 Å². The first-order valence-electron chi connectivity index (χ1n) is 8.93. The van der Waals surface area contributed by atoms with Gasteiger partial charge < -0.3 is 9.73 Å². The van der Waals surface area contributed by atoms with Crippen molar-refractivity contribution in [2.45, 2.75) is 20.4 Å². The maximum absolute atomic E-state index is 12.6. The van der Waals surface area contributed by atoms with E-state index in [4.69, 9.17) is 4.42 Å². The van der Waals surface area contributed by atoms with Gasteiger partial charge >= 0.3 is 0 Å². The highest BCUT2D eigenvalue weighted by atomic mass is 16.3. The molecule has 0 saturated heterocycles. The second-order valence-electron chi connectivity index (χ2n) is 6.79. The normalized spacial score (nSPS) is 10.9. The molecule has 6 nitrogen and oxygen atoms in total. The van der Waals surface area contributed by atoms with Crippen LogP contribution in [0.25, 0.3) is 11.0 Å². The molecule has 1 amide bonds. The number of rotatable bonds is 4. The summed E-state index contributed by atoms with van der Waals surface area (Å²) in [5, 5.41) is 7.50. The smallest absolute Gasteiger partial charge is 0.292 e. The van der Waals surface area contributed by atoms with E-state index in [1.165, 1.54) is 11.6 Å². The second kappa shape index (κ2) is 7.15. The van der Waals surface area contributed by atoms with Crippen LogP contribution in [0, 0.1) is 13.8 Å². The number of amides is 1. The van der Waals surface area contributed by atoms with Gasteiger partial charge in [0.15, 0.2) is 11.2 Å². The average molecular weight is 373 g/mol. The van der Waals surface area contributed by atoms with Crippen molar-refractivity contribution in [1.29, 1.82) is 0 Å². The molecule has 2 aromatic carbocycles. The van der Waals surface area contributed by atoms with Crippen molar-refractivity contribution in [2.24, 2.45) is 0 Å². The van der Waals surface area contributed by atoms with E-state index in [1.807, 2.05) is 44.2 Å². The molecule has 0 saturated carbocycles. The lowest BCUT2D eigenvalue weighted by molar-refractivity contribution is 0.0996. The second-order valence-corrected chi connectivity index (χ2v) is 6.79. The van der Waals surface area contributed by atoms with Crippen molar-refractivity contribution in [3.8, 4) is 0 Å². The molecule has 0 aliphatic rings. The van der Waals surface area contributed by atoms with Gasteiger partial charge in [-0.05, 0) is 31.5 Å². The Morgan fingerprint density at radius 3 is 2.57 bits per heavy atom. The quantitative estimate of drug-likeness (QED) is 0.588. The van der Waals surface area contributed by atoms with E-state index in [9.17, 15) is 9.59 Å². The van der Waals surface area contributed by atoms with E-state index in [0.29, 0.717) is 23.3 Å². The molecule has 2 aromatic heterocycles. The number of benzene rings is 2. The zero-order chi connectivity index (χ0) is 19.7. The van der Waals surface area contributed by atoms with Gasteiger partial charge in [-0.3, -0.25) is 9.59 Å². The van der Waals surface area contributed by atoms with Crippen LogP contribution in [0.4, 0.5) is 5.82 Å². The molecule has 1 N–H and O–H groups in total. The minimum Gasteiger partial charge on any atom is -0.451 e. The fourth-order valence-electron chi connectivity index (χ4n) is 2.99. The molecule has 0 atom stereocenters. The van der Waals surface area contributed by atoms with Crippen LogP contribution in [0.3, 0.4) is 0 Å². The number of anilines is 1. The summed E-state index contributed by atoms with van der Waals surface area (Å²) in [6.45, 7) is 4.44. The van der Waals surface area contributed by atoms with E-state index < -0.39 is 5.91 Å². The van der Waals surface area contributed by atoms with Crippen molar-refractivity contribution in [3.05, 3.63) is 93.5 Å². The van der Waals surface area contributed by atoms with Crippen LogP contribution in [0.15, 0.2) is 70.0 Å². The van der Waals surface area contributed by atoms with Crippen LogP contribution >= 0.6 is 0 Å². The van der Waals surface area contributed by atoms with E-state index in [2.05, 4.69) is 10.4 Å². The Kier molecular flexibility index (Phi) is 4.53. The molecule has 2 heterocycles. The van der Waals surface area contributed by atoms with Crippen molar-refractivity contribution >= 4 is 22.7 Å². The van der Waals surface area contributed by atoms with Gasteiger partial charge in [0, 0.05) is 12.1 Å². The first-order valence-corrected chi connectivity index (χ1v) is 8.93. The molecule has 0 aliphatic carbocycles. The van der Waals surface area contributed by atoms with Gasteiger partial charge in [0.1, 0.15) is 11.4 Å². The van der Waals surface area contributed by atoms with E-state index in [1.54, 1.807) is 29.1 Å². The predicted molar refractivity (Wildman–Crippen MR) is 108 cm³/mol. The number of aromatic nitrogens is 2. The molecule has 0 spiro atoms. The van der Waals surface area contributed by atoms with E-state index in [0.717, 1.165) is 11.1 Å². The van der Waals surface area contributed by atoms with Crippen molar-refractivity contribution in [2.75, 3.05) is 5.32 Å². The van der Waals surface area contributed by atoms with Crippen LogP contribution in [-0.4, -0.2) is 15.7 Å². The van der Waals surface area contributed by atoms with Gasteiger partial charge in [-0.2, -0.15) is 5.10 Å². The molecule has 28 heavy (non-hydrogen) atoms. The third-order valence-electron chi connectivity index (χ3n) is 4.52. The molecule has 6 heteroatoms. The first kappa shape index (κ1) is 17.7. The van der Waals surface area contributed by atoms with Crippen molar-refractivity contribution in [3.63, 3.8) is 0 Å².